The van der Waals surface area contributed by atoms with Gasteiger partial charge in [0, 0.05) is 6.42 Å². The van der Waals surface area contributed by atoms with Gasteiger partial charge in [-0.1, -0.05) is 63.6 Å². The molecule has 29 heavy (non-hydrogen) atoms. The molecule has 2 rings (SSSR count). The van der Waals surface area contributed by atoms with E-state index in [1.807, 2.05) is 50.2 Å². The first-order chi connectivity index (χ1) is 14.0. The Hall–Kier alpha value is -2.62. The van der Waals surface area contributed by atoms with Gasteiger partial charge in [-0.3, -0.25) is 0 Å². The second-order valence-electron chi connectivity index (χ2n) is 7.40. The smallest absolute Gasteiger partial charge is 0.338 e. The SMILES string of the molecule is CCCCC(CC)(CC(CC)OC(=O)c1ccccc1)OC(=O)c1ccccc1. The maximum absolute atomic E-state index is 12.8. The monoisotopic (exact) mass is 396 g/mol. The van der Waals surface area contributed by atoms with Crippen LogP contribution in [-0.2, 0) is 9.47 Å². The molecule has 0 fully saturated rings. The van der Waals surface area contributed by atoms with Gasteiger partial charge in [0.2, 0.25) is 0 Å². The largest absolute Gasteiger partial charge is 0.459 e. The molecular formula is C25H32O4. The molecule has 0 aromatic heterocycles. The van der Waals surface area contributed by atoms with Crippen molar-refractivity contribution in [3.05, 3.63) is 71.8 Å². The summed E-state index contributed by atoms with van der Waals surface area (Å²) >= 11 is 0. The minimum Gasteiger partial charge on any atom is -0.459 e. The molecule has 4 nitrogen and oxygen atoms in total. The Morgan fingerprint density at radius 3 is 1.90 bits per heavy atom. The average molecular weight is 397 g/mol. The number of hydrogen-bond donors (Lipinski definition) is 0. The van der Waals surface area contributed by atoms with Crippen LogP contribution in [0.4, 0.5) is 0 Å². The van der Waals surface area contributed by atoms with Crippen molar-refractivity contribution < 1.29 is 19.1 Å². The van der Waals surface area contributed by atoms with Crippen LogP contribution in [0.2, 0.25) is 0 Å². The zero-order valence-corrected chi connectivity index (χ0v) is 17.7. The zero-order chi connectivity index (χ0) is 21.1. The third-order valence-corrected chi connectivity index (χ3v) is 5.29. The summed E-state index contributed by atoms with van der Waals surface area (Å²) in [7, 11) is 0. The second-order valence-corrected chi connectivity index (χ2v) is 7.40. The van der Waals surface area contributed by atoms with Crippen molar-refractivity contribution in [2.24, 2.45) is 0 Å². The van der Waals surface area contributed by atoms with Crippen LogP contribution < -0.4 is 0 Å². The van der Waals surface area contributed by atoms with Crippen molar-refractivity contribution in [3.8, 4) is 0 Å². The van der Waals surface area contributed by atoms with E-state index in [1.165, 1.54) is 0 Å². The summed E-state index contributed by atoms with van der Waals surface area (Å²) in [5.41, 5.74) is 0.416. The number of benzene rings is 2. The molecule has 0 spiro atoms. The van der Waals surface area contributed by atoms with Crippen LogP contribution in [0.3, 0.4) is 0 Å². The number of esters is 2. The lowest BCUT2D eigenvalue weighted by Gasteiger charge is -2.35. The molecule has 156 valence electrons. The number of carbonyl (C=O) groups is 2. The molecule has 4 heteroatoms. The molecule has 0 heterocycles. The first kappa shape index (κ1) is 22.7. The lowest BCUT2D eigenvalue weighted by molar-refractivity contribution is -0.0565. The maximum Gasteiger partial charge on any atom is 0.338 e. The van der Waals surface area contributed by atoms with E-state index in [1.54, 1.807) is 24.3 Å². The Morgan fingerprint density at radius 2 is 1.41 bits per heavy atom. The summed E-state index contributed by atoms with van der Waals surface area (Å²) in [4.78, 5) is 25.3. The van der Waals surface area contributed by atoms with E-state index in [-0.39, 0.29) is 18.0 Å². The van der Waals surface area contributed by atoms with Crippen molar-refractivity contribution in [2.45, 2.75) is 71.0 Å². The molecule has 2 aromatic carbocycles. The standard InChI is InChI=1S/C25H32O4/c1-4-7-18-25(6-3,29-24(27)21-16-12-9-13-17-21)19-22(5-2)28-23(26)20-14-10-8-11-15-20/h8-17,22H,4-7,18-19H2,1-3H3. The average Bonchev–Trinajstić information content (AvgIpc) is 2.78. The lowest BCUT2D eigenvalue weighted by Crippen LogP contribution is -2.39. The van der Waals surface area contributed by atoms with Crippen LogP contribution in [0.15, 0.2) is 60.7 Å². The van der Waals surface area contributed by atoms with Gasteiger partial charge in [0.25, 0.3) is 0 Å². The summed E-state index contributed by atoms with van der Waals surface area (Å²) in [5.74, 6) is -0.667. The Balaban J connectivity index is 2.16. The normalized spacial score (nSPS) is 13.9. The molecule has 2 atom stereocenters. The molecular weight excluding hydrogens is 364 g/mol. The van der Waals surface area contributed by atoms with Crippen LogP contribution in [0, 0.1) is 0 Å². The van der Waals surface area contributed by atoms with Crippen molar-refractivity contribution >= 4 is 11.9 Å². The molecule has 0 bridgehead atoms. The first-order valence-electron chi connectivity index (χ1n) is 10.6. The first-order valence-corrected chi connectivity index (χ1v) is 10.6. The second kappa shape index (κ2) is 11.4. The predicted molar refractivity (Wildman–Crippen MR) is 115 cm³/mol. The van der Waals surface area contributed by atoms with E-state index >= 15 is 0 Å². The van der Waals surface area contributed by atoms with Crippen LogP contribution >= 0.6 is 0 Å². The molecule has 0 aliphatic heterocycles. The number of carbonyl (C=O) groups excluding carboxylic acids is 2. The predicted octanol–water partition coefficient (Wildman–Crippen LogP) is 6.21. The van der Waals surface area contributed by atoms with Gasteiger partial charge in [-0.25, -0.2) is 9.59 Å². The highest BCUT2D eigenvalue weighted by Crippen LogP contribution is 2.32. The van der Waals surface area contributed by atoms with Crippen LogP contribution in [0.5, 0.6) is 0 Å². The number of rotatable bonds is 11. The molecule has 0 saturated carbocycles. The highest BCUT2D eigenvalue weighted by molar-refractivity contribution is 5.90. The third kappa shape index (κ3) is 6.74. The summed E-state index contributed by atoms with van der Waals surface area (Å²) < 4.78 is 11.8. The minimum atomic E-state index is -0.652. The molecule has 0 saturated heterocycles. The van der Waals surface area contributed by atoms with E-state index in [4.69, 9.17) is 9.47 Å². The molecule has 0 amide bonds. The van der Waals surface area contributed by atoms with E-state index in [9.17, 15) is 9.59 Å². The molecule has 2 unspecified atom stereocenters. The quantitative estimate of drug-likeness (QED) is 0.424. The molecule has 0 aliphatic rings. The van der Waals surface area contributed by atoms with Gasteiger partial charge in [0.05, 0.1) is 11.1 Å². The fourth-order valence-corrected chi connectivity index (χ4v) is 3.39. The van der Waals surface area contributed by atoms with Gasteiger partial charge in [-0.05, 0) is 49.9 Å². The third-order valence-electron chi connectivity index (χ3n) is 5.29. The number of hydrogen-bond acceptors (Lipinski definition) is 4. The topological polar surface area (TPSA) is 52.6 Å². The lowest BCUT2D eigenvalue weighted by atomic mass is 9.86. The van der Waals surface area contributed by atoms with Crippen molar-refractivity contribution in [1.29, 1.82) is 0 Å². The molecule has 0 aliphatic carbocycles. The molecule has 2 aromatic rings. The summed E-state index contributed by atoms with van der Waals surface area (Å²) in [6, 6.07) is 18.0. The van der Waals surface area contributed by atoms with Crippen LogP contribution in [0.25, 0.3) is 0 Å². The maximum atomic E-state index is 12.8. The highest BCUT2D eigenvalue weighted by atomic mass is 16.6. The summed E-state index contributed by atoms with van der Waals surface area (Å²) in [5, 5.41) is 0. The highest BCUT2D eigenvalue weighted by Gasteiger charge is 2.36. The molecule has 0 N–H and O–H groups in total. The Morgan fingerprint density at radius 1 is 0.862 bits per heavy atom. The van der Waals surface area contributed by atoms with Gasteiger partial charge in [-0.2, -0.15) is 0 Å². The van der Waals surface area contributed by atoms with Gasteiger partial charge in [0.15, 0.2) is 0 Å². The number of unbranched alkanes of at least 4 members (excludes halogenated alkanes) is 1. The van der Waals surface area contributed by atoms with Crippen LogP contribution in [-0.4, -0.2) is 23.6 Å². The zero-order valence-electron chi connectivity index (χ0n) is 17.7. The number of ether oxygens (including phenoxy) is 2. The van der Waals surface area contributed by atoms with Crippen LogP contribution in [0.1, 0.15) is 80.0 Å². The Labute approximate surface area is 174 Å². The minimum absolute atomic E-state index is 0.317. The van der Waals surface area contributed by atoms with Gasteiger partial charge in [-0.15, -0.1) is 0 Å². The van der Waals surface area contributed by atoms with Crippen molar-refractivity contribution in [2.75, 3.05) is 0 Å². The van der Waals surface area contributed by atoms with Gasteiger partial charge < -0.3 is 9.47 Å². The van der Waals surface area contributed by atoms with Gasteiger partial charge >= 0.3 is 11.9 Å². The van der Waals surface area contributed by atoms with E-state index in [0.717, 1.165) is 19.3 Å². The van der Waals surface area contributed by atoms with Crippen molar-refractivity contribution in [1.82, 2.24) is 0 Å². The fraction of sp³-hybridized carbons (Fsp3) is 0.440. The Bertz CT molecular complexity index is 757. The summed E-state index contributed by atoms with van der Waals surface area (Å²) in [6.07, 6.45) is 4.21. The molecule has 0 radical (unpaired) electrons. The fourth-order valence-electron chi connectivity index (χ4n) is 3.39. The van der Waals surface area contributed by atoms with E-state index in [2.05, 4.69) is 6.92 Å². The Kier molecular flexibility index (Phi) is 8.91. The van der Waals surface area contributed by atoms with E-state index < -0.39 is 5.60 Å². The van der Waals surface area contributed by atoms with Gasteiger partial charge in [0.1, 0.15) is 11.7 Å². The summed E-state index contributed by atoms with van der Waals surface area (Å²) in [6.45, 7) is 6.13. The van der Waals surface area contributed by atoms with Crippen molar-refractivity contribution in [3.63, 3.8) is 0 Å². The van der Waals surface area contributed by atoms with E-state index in [0.29, 0.717) is 30.4 Å².